The molecule has 0 heterocycles. The van der Waals surface area contributed by atoms with E-state index in [-0.39, 0.29) is 17.3 Å². The van der Waals surface area contributed by atoms with Crippen LogP contribution in [0.3, 0.4) is 0 Å². The van der Waals surface area contributed by atoms with Crippen LogP contribution < -0.4 is 4.72 Å². The third-order valence-electron chi connectivity index (χ3n) is 4.16. The van der Waals surface area contributed by atoms with Crippen molar-refractivity contribution in [3.05, 3.63) is 29.3 Å². The molecule has 0 fully saturated rings. The van der Waals surface area contributed by atoms with E-state index in [1.165, 1.54) is 5.56 Å². The van der Waals surface area contributed by atoms with Gasteiger partial charge in [-0.3, -0.25) is 4.79 Å². The second-order valence-corrected chi connectivity index (χ2v) is 7.30. The number of aryl methyl sites for hydroxylation is 2. The van der Waals surface area contributed by atoms with Crippen LogP contribution in [0.25, 0.3) is 0 Å². The van der Waals surface area contributed by atoms with Crippen LogP contribution in [0.1, 0.15) is 37.8 Å². The highest BCUT2D eigenvalue weighted by molar-refractivity contribution is 7.89. The van der Waals surface area contributed by atoms with Crippen molar-refractivity contribution in [2.24, 2.45) is 0 Å². The Morgan fingerprint density at radius 2 is 1.77 bits per heavy atom. The van der Waals surface area contributed by atoms with Crippen molar-refractivity contribution < 1.29 is 13.2 Å². The third kappa shape index (κ3) is 3.87. The quantitative estimate of drug-likeness (QED) is 0.866. The molecule has 1 amide bonds. The molecule has 1 aliphatic carbocycles. The van der Waals surface area contributed by atoms with Gasteiger partial charge in [0.25, 0.3) is 0 Å². The highest BCUT2D eigenvalue weighted by Gasteiger charge is 2.19. The summed E-state index contributed by atoms with van der Waals surface area (Å²) >= 11 is 0. The van der Waals surface area contributed by atoms with Gasteiger partial charge in [0.1, 0.15) is 0 Å². The molecule has 0 saturated heterocycles. The molecule has 0 aromatic heterocycles. The van der Waals surface area contributed by atoms with Crippen LogP contribution in [0.2, 0.25) is 0 Å². The van der Waals surface area contributed by atoms with E-state index < -0.39 is 10.0 Å². The summed E-state index contributed by atoms with van der Waals surface area (Å²) < 4.78 is 27.1. The standard InChI is InChI=1S/C16H24N2O3S/c1-3-18(4-2)16(19)12-17-22(20,21)15-10-9-13-7-5-6-8-14(13)11-15/h9-11,17H,3-8,12H2,1-2H3. The number of nitrogens with zero attached hydrogens (tertiary/aromatic N) is 1. The number of nitrogens with one attached hydrogen (secondary N) is 1. The van der Waals surface area contributed by atoms with E-state index in [4.69, 9.17) is 0 Å². The first-order valence-corrected chi connectivity index (χ1v) is 9.35. The largest absolute Gasteiger partial charge is 0.342 e. The molecule has 2 rings (SSSR count). The Kier molecular flexibility index (Phi) is 5.58. The summed E-state index contributed by atoms with van der Waals surface area (Å²) in [6, 6.07) is 5.28. The van der Waals surface area contributed by atoms with Gasteiger partial charge < -0.3 is 4.90 Å². The number of likely N-dealkylation sites (N-methyl/N-ethyl adjacent to an activating group) is 1. The number of carbonyl (C=O) groups is 1. The average Bonchev–Trinajstić information content (AvgIpc) is 2.53. The lowest BCUT2D eigenvalue weighted by atomic mass is 9.92. The Morgan fingerprint density at radius 3 is 2.41 bits per heavy atom. The van der Waals surface area contributed by atoms with Crippen molar-refractivity contribution in [3.63, 3.8) is 0 Å². The predicted octanol–water partition coefficient (Wildman–Crippen LogP) is 1.71. The Hall–Kier alpha value is -1.40. The van der Waals surface area contributed by atoms with E-state index in [9.17, 15) is 13.2 Å². The minimum Gasteiger partial charge on any atom is -0.342 e. The zero-order chi connectivity index (χ0) is 16.2. The Morgan fingerprint density at radius 1 is 1.14 bits per heavy atom. The van der Waals surface area contributed by atoms with E-state index in [2.05, 4.69) is 4.72 Å². The van der Waals surface area contributed by atoms with E-state index in [0.717, 1.165) is 31.2 Å². The fourth-order valence-electron chi connectivity index (χ4n) is 2.81. The Balaban J connectivity index is 2.09. The molecule has 1 aromatic rings. The van der Waals surface area contributed by atoms with Crippen molar-refractivity contribution in [1.29, 1.82) is 0 Å². The number of rotatable bonds is 6. The molecule has 6 heteroatoms. The predicted molar refractivity (Wildman–Crippen MR) is 86.2 cm³/mol. The molecule has 1 aliphatic rings. The maximum Gasteiger partial charge on any atom is 0.241 e. The topological polar surface area (TPSA) is 66.5 Å². The lowest BCUT2D eigenvalue weighted by Crippen LogP contribution is -2.40. The van der Waals surface area contributed by atoms with Crippen LogP contribution in [-0.2, 0) is 27.7 Å². The molecule has 0 radical (unpaired) electrons. The molecule has 0 bridgehead atoms. The SMILES string of the molecule is CCN(CC)C(=O)CNS(=O)(=O)c1ccc2c(c1)CCCC2. The minimum absolute atomic E-state index is 0.193. The molecule has 0 atom stereocenters. The molecule has 0 spiro atoms. The maximum atomic E-state index is 12.3. The maximum absolute atomic E-state index is 12.3. The highest BCUT2D eigenvalue weighted by atomic mass is 32.2. The number of fused-ring (bicyclic) bond motifs is 1. The summed E-state index contributed by atoms with van der Waals surface area (Å²) in [6.07, 6.45) is 4.21. The van der Waals surface area contributed by atoms with Crippen LogP contribution in [-0.4, -0.2) is 38.9 Å². The van der Waals surface area contributed by atoms with Gasteiger partial charge in [0.15, 0.2) is 0 Å². The summed E-state index contributed by atoms with van der Waals surface area (Å²) in [7, 11) is -3.64. The zero-order valence-corrected chi connectivity index (χ0v) is 14.1. The fraction of sp³-hybridized carbons (Fsp3) is 0.562. The first kappa shape index (κ1) is 17.0. The van der Waals surface area contributed by atoms with Crippen molar-refractivity contribution in [2.45, 2.75) is 44.4 Å². The fourth-order valence-corrected chi connectivity index (χ4v) is 3.83. The second kappa shape index (κ2) is 7.24. The summed E-state index contributed by atoms with van der Waals surface area (Å²) in [4.78, 5) is 13.8. The first-order chi connectivity index (χ1) is 10.5. The van der Waals surface area contributed by atoms with Crippen molar-refractivity contribution in [3.8, 4) is 0 Å². The normalized spacial score (nSPS) is 14.5. The van der Waals surface area contributed by atoms with Gasteiger partial charge in [0.05, 0.1) is 11.4 Å². The van der Waals surface area contributed by atoms with Crippen molar-refractivity contribution >= 4 is 15.9 Å². The number of hydrogen-bond acceptors (Lipinski definition) is 3. The zero-order valence-electron chi connectivity index (χ0n) is 13.3. The highest BCUT2D eigenvalue weighted by Crippen LogP contribution is 2.23. The number of sulfonamides is 1. The molecule has 1 N–H and O–H groups in total. The lowest BCUT2D eigenvalue weighted by Gasteiger charge is -2.19. The Bertz CT molecular complexity index is 637. The van der Waals surface area contributed by atoms with Crippen LogP contribution >= 0.6 is 0 Å². The lowest BCUT2D eigenvalue weighted by molar-refractivity contribution is -0.129. The van der Waals surface area contributed by atoms with E-state index in [0.29, 0.717) is 13.1 Å². The summed E-state index contributed by atoms with van der Waals surface area (Å²) in [5.74, 6) is -0.202. The van der Waals surface area contributed by atoms with Gasteiger partial charge >= 0.3 is 0 Å². The van der Waals surface area contributed by atoms with E-state index in [1.807, 2.05) is 19.9 Å². The molecular weight excluding hydrogens is 300 g/mol. The van der Waals surface area contributed by atoms with Gasteiger partial charge in [-0.05, 0) is 62.8 Å². The van der Waals surface area contributed by atoms with Crippen LogP contribution in [0.5, 0.6) is 0 Å². The summed E-state index contributed by atoms with van der Waals surface area (Å²) in [5, 5.41) is 0. The Labute approximate surface area is 132 Å². The van der Waals surface area contributed by atoms with Gasteiger partial charge in [-0.1, -0.05) is 6.07 Å². The van der Waals surface area contributed by atoms with Crippen LogP contribution in [0, 0.1) is 0 Å². The molecule has 0 saturated carbocycles. The molecule has 5 nitrogen and oxygen atoms in total. The van der Waals surface area contributed by atoms with Gasteiger partial charge in [-0.25, -0.2) is 13.1 Å². The van der Waals surface area contributed by atoms with Crippen molar-refractivity contribution in [1.82, 2.24) is 9.62 Å². The summed E-state index contributed by atoms with van der Waals surface area (Å²) in [6.45, 7) is 4.71. The molecular formula is C16H24N2O3S. The number of amides is 1. The number of hydrogen-bond donors (Lipinski definition) is 1. The van der Waals surface area contributed by atoms with E-state index >= 15 is 0 Å². The monoisotopic (exact) mass is 324 g/mol. The molecule has 22 heavy (non-hydrogen) atoms. The average molecular weight is 324 g/mol. The third-order valence-corrected chi connectivity index (χ3v) is 5.56. The van der Waals surface area contributed by atoms with Crippen LogP contribution in [0.4, 0.5) is 0 Å². The van der Waals surface area contributed by atoms with Crippen LogP contribution in [0.15, 0.2) is 23.1 Å². The number of benzene rings is 1. The second-order valence-electron chi connectivity index (χ2n) is 5.53. The smallest absolute Gasteiger partial charge is 0.241 e. The van der Waals surface area contributed by atoms with Crippen molar-refractivity contribution in [2.75, 3.05) is 19.6 Å². The minimum atomic E-state index is -3.64. The summed E-state index contributed by atoms with van der Waals surface area (Å²) in [5.41, 5.74) is 2.36. The van der Waals surface area contributed by atoms with Gasteiger partial charge in [0.2, 0.25) is 15.9 Å². The molecule has 1 aromatic carbocycles. The first-order valence-electron chi connectivity index (χ1n) is 7.87. The number of carbonyl (C=O) groups excluding carboxylic acids is 1. The molecule has 122 valence electrons. The molecule has 0 unspecified atom stereocenters. The van der Waals surface area contributed by atoms with Gasteiger partial charge in [0, 0.05) is 13.1 Å². The van der Waals surface area contributed by atoms with Gasteiger partial charge in [-0.15, -0.1) is 0 Å². The van der Waals surface area contributed by atoms with Gasteiger partial charge in [-0.2, -0.15) is 0 Å². The van der Waals surface area contributed by atoms with E-state index in [1.54, 1.807) is 17.0 Å². The molecule has 0 aliphatic heterocycles.